The summed E-state index contributed by atoms with van der Waals surface area (Å²) in [6, 6.07) is 14.0. The predicted molar refractivity (Wildman–Crippen MR) is 88.6 cm³/mol. The highest BCUT2D eigenvalue weighted by molar-refractivity contribution is 14.1. The molecule has 2 rings (SSSR count). The third-order valence-corrected chi connectivity index (χ3v) is 3.95. The van der Waals surface area contributed by atoms with Crippen molar-refractivity contribution in [2.24, 2.45) is 0 Å². The lowest BCUT2D eigenvalue weighted by molar-refractivity contribution is 0.475. The van der Waals surface area contributed by atoms with Gasteiger partial charge in [0.2, 0.25) is 0 Å². The maximum atomic E-state index is 9.58. The van der Waals surface area contributed by atoms with Crippen LogP contribution in [0.4, 0.5) is 0 Å². The molecule has 0 aromatic heterocycles. The van der Waals surface area contributed by atoms with Gasteiger partial charge in [-0.25, -0.2) is 0 Å². The highest BCUT2D eigenvalue weighted by atomic mass is 127. The Morgan fingerprint density at radius 3 is 2.05 bits per heavy atom. The Morgan fingerprint density at radius 2 is 1.53 bits per heavy atom. The highest BCUT2D eigenvalue weighted by Gasteiger charge is 2.13. The Kier molecular flexibility index (Phi) is 4.98. The number of benzene rings is 2. The Balaban J connectivity index is 0.00000180. The van der Waals surface area contributed by atoms with Crippen molar-refractivity contribution in [1.82, 2.24) is 0 Å². The standard InChI is InChI=1S/C16H17IO.H2O/c1-16(2,3)12-6-4-11(5-7-12)14-10-13(18)8-9-15(14)17;/h4-10,18H,1-3H3;1H2. The first-order valence-electron chi connectivity index (χ1n) is 5.97. The molecule has 0 radical (unpaired) electrons. The predicted octanol–water partition coefficient (Wildman–Crippen LogP) is 4.14. The Bertz CT molecular complexity index is 554. The first-order chi connectivity index (χ1) is 8.38. The Labute approximate surface area is 127 Å². The second-order valence-electron chi connectivity index (χ2n) is 5.49. The van der Waals surface area contributed by atoms with Gasteiger partial charge in [-0.2, -0.15) is 0 Å². The van der Waals surface area contributed by atoms with Crippen molar-refractivity contribution < 1.29 is 10.6 Å². The zero-order valence-electron chi connectivity index (χ0n) is 11.4. The fourth-order valence-electron chi connectivity index (χ4n) is 1.88. The molecule has 0 amide bonds. The summed E-state index contributed by atoms with van der Waals surface area (Å²) < 4.78 is 1.15. The van der Waals surface area contributed by atoms with E-state index in [0.717, 1.165) is 14.7 Å². The second kappa shape index (κ2) is 5.92. The minimum Gasteiger partial charge on any atom is -0.508 e. The zero-order chi connectivity index (χ0) is 13.3. The average Bonchev–Trinajstić information content (AvgIpc) is 2.31. The van der Waals surface area contributed by atoms with Crippen LogP contribution in [0, 0.1) is 3.57 Å². The van der Waals surface area contributed by atoms with Crippen LogP contribution in [-0.4, -0.2) is 10.6 Å². The number of phenols is 1. The summed E-state index contributed by atoms with van der Waals surface area (Å²) in [4.78, 5) is 0. The van der Waals surface area contributed by atoms with Gasteiger partial charge in [0.05, 0.1) is 0 Å². The average molecular weight is 370 g/mol. The second-order valence-corrected chi connectivity index (χ2v) is 6.65. The van der Waals surface area contributed by atoms with Gasteiger partial charge in [-0.1, -0.05) is 45.0 Å². The van der Waals surface area contributed by atoms with Gasteiger partial charge in [-0.15, -0.1) is 0 Å². The van der Waals surface area contributed by atoms with E-state index >= 15 is 0 Å². The number of rotatable bonds is 1. The van der Waals surface area contributed by atoms with Crippen molar-refractivity contribution in [3.8, 4) is 16.9 Å². The van der Waals surface area contributed by atoms with Crippen LogP contribution in [0.15, 0.2) is 42.5 Å². The quantitative estimate of drug-likeness (QED) is 0.754. The fourth-order valence-corrected chi connectivity index (χ4v) is 2.53. The molecule has 0 bridgehead atoms. The first kappa shape index (κ1) is 16.0. The molecule has 0 aliphatic heterocycles. The van der Waals surface area contributed by atoms with Crippen molar-refractivity contribution in [2.75, 3.05) is 0 Å². The number of hydrogen-bond donors (Lipinski definition) is 1. The van der Waals surface area contributed by atoms with Gasteiger partial charge in [0.15, 0.2) is 0 Å². The van der Waals surface area contributed by atoms with Crippen LogP contribution in [0.3, 0.4) is 0 Å². The summed E-state index contributed by atoms with van der Waals surface area (Å²) in [5.74, 6) is 0.310. The molecular formula is C16H19IO2. The van der Waals surface area contributed by atoms with E-state index < -0.39 is 0 Å². The van der Waals surface area contributed by atoms with Gasteiger partial charge < -0.3 is 10.6 Å². The van der Waals surface area contributed by atoms with Crippen molar-refractivity contribution in [3.05, 3.63) is 51.6 Å². The molecular weight excluding hydrogens is 351 g/mol. The smallest absolute Gasteiger partial charge is 0.116 e. The molecule has 0 atom stereocenters. The summed E-state index contributed by atoms with van der Waals surface area (Å²) in [5.41, 5.74) is 3.71. The largest absolute Gasteiger partial charge is 0.508 e. The number of aromatic hydroxyl groups is 1. The van der Waals surface area contributed by atoms with Gasteiger partial charge in [0.1, 0.15) is 5.75 Å². The third kappa shape index (κ3) is 3.70. The SMILES string of the molecule is CC(C)(C)c1ccc(-c2cc(O)ccc2I)cc1.O. The van der Waals surface area contributed by atoms with Crippen LogP contribution in [-0.2, 0) is 5.41 Å². The molecule has 2 aromatic carbocycles. The summed E-state index contributed by atoms with van der Waals surface area (Å²) in [6.07, 6.45) is 0. The van der Waals surface area contributed by atoms with Gasteiger partial charge >= 0.3 is 0 Å². The maximum absolute atomic E-state index is 9.58. The molecule has 0 saturated carbocycles. The molecule has 0 heterocycles. The van der Waals surface area contributed by atoms with E-state index in [1.54, 1.807) is 6.07 Å². The summed E-state index contributed by atoms with van der Waals surface area (Å²) in [7, 11) is 0. The van der Waals surface area contributed by atoms with Crippen molar-refractivity contribution >= 4 is 22.6 Å². The monoisotopic (exact) mass is 370 g/mol. The summed E-state index contributed by atoms with van der Waals surface area (Å²) in [5, 5.41) is 9.58. The lowest BCUT2D eigenvalue weighted by atomic mass is 9.86. The van der Waals surface area contributed by atoms with Crippen LogP contribution in [0.1, 0.15) is 26.3 Å². The Morgan fingerprint density at radius 1 is 0.947 bits per heavy atom. The third-order valence-electron chi connectivity index (χ3n) is 3.01. The maximum Gasteiger partial charge on any atom is 0.116 e. The zero-order valence-corrected chi connectivity index (χ0v) is 13.5. The van der Waals surface area contributed by atoms with E-state index in [4.69, 9.17) is 0 Å². The lowest BCUT2D eigenvalue weighted by Crippen LogP contribution is -2.10. The van der Waals surface area contributed by atoms with Crippen molar-refractivity contribution in [3.63, 3.8) is 0 Å². The van der Waals surface area contributed by atoms with E-state index in [2.05, 4.69) is 67.6 Å². The van der Waals surface area contributed by atoms with Gasteiger partial charge in [-0.3, -0.25) is 0 Å². The molecule has 102 valence electrons. The normalized spacial score (nSPS) is 10.9. The Hall–Kier alpha value is -1.07. The van der Waals surface area contributed by atoms with Crippen LogP contribution in [0.2, 0.25) is 0 Å². The van der Waals surface area contributed by atoms with E-state index in [1.165, 1.54) is 5.56 Å². The molecule has 0 saturated heterocycles. The van der Waals surface area contributed by atoms with E-state index in [9.17, 15) is 5.11 Å². The minimum atomic E-state index is 0. The molecule has 0 spiro atoms. The van der Waals surface area contributed by atoms with Crippen LogP contribution >= 0.6 is 22.6 Å². The number of halogens is 1. The summed E-state index contributed by atoms with van der Waals surface area (Å²) in [6.45, 7) is 6.63. The molecule has 0 unspecified atom stereocenters. The molecule has 0 aliphatic carbocycles. The van der Waals surface area contributed by atoms with Crippen LogP contribution in [0.5, 0.6) is 5.75 Å². The minimum absolute atomic E-state index is 0. The van der Waals surface area contributed by atoms with Crippen LogP contribution < -0.4 is 0 Å². The molecule has 3 N–H and O–H groups in total. The van der Waals surface area contributed by atoms with Gasteiger partial charge in [0, 0.05) is 3.57 Å². The van der Waals surface area contributed by atoms with Gasteiger partial charge in [0.25, 0.3) is 0 Å². The van der Waals surface area contributed by atoms with Crippen molar-refractivity contribution in [1.29, 1.82) is 0 Å². The molecule has 3 heteroatoms. The first-order valence-corrected chi connectivity index (χ1v) is 7.05. The number of hydrogen-bond acceptors (Lipinski definition) is 1. The van der Waals surface area contributed by atoms with Gasteiger partial charge in [-0.05, 0) is 62.9 Å². The molecule has 0 aliphatic rings. The molecule has 2 nitrogen and oxygen atoms in total. The topological polar surface area (TPSA) is 51.7 Å². The summed E-state index contributed by atoms with van der Waals surface area (Å²) >= 11 is 2.29. The molecule has 2 aromatic rings. The molecule has 0 fully saturated rings. The van der Waals surface area contributed by atoms with E-state index in [0.29, 0.717) is 5.75 Å². The lowest BCUT2D eigenvalue weighted by Gasteiger charge is -2.19. The highest BCUT2D eigenvalue weighted by Crippen LogP contribution is 2.30. The van der Waals surface area contributed by atoms with Crippen molar-refractivity contribution in [2.45, 2.75) is 26.2 Å². The van der Waals surface area contributed by atoms with E-state index in [-0.39, 0.29) is 10.9 Å². The van der Waals surface area contributed by atoms with Crippen LogP contribution in [0.25, 0.3) is 11.1 Å². The number of phenolic OH excluding ortho intramolecular Hbond substituents is 1. The van der Waals surface area contributed by atoms with E-state index in [1.807, 2.05) is 12.1 Å². The molecule has 19 heavy (non-hydrogen) atoms. The fraction of sp³-hybridized carbons (Fsp3) is 0.250.